The van der Waals surface area contributed by atoms with E-state index >= 15 is 0 Å². The molecule has 1 aromatic carbocycles. The molecule has 1 N–H and O–H groups in total. The second-order valence-corrected chi connectivity index (χ2v) is 10.8. The van der Waals surface area contributed by atoms with Crippen LogP contribution in [0.4, 0.5) is 18.2 Å². The van der Waals surface area contributed by atoms with Crippen LogP contribution in [0.3, 0.4) is 0 Å². The van der Waals surface area contributed by atoms with Crippen molar-refractivity contribution in [2.24, 2.45) is 0 Å². The summed E-state index contributed by atoms with van der Waals surface area (Å²) in [6.07, 6.45) is -2.16. The average molecular weight is 562 g/mol. The maximum atomic E-state index is 13.8. The maximum Gasteiger partial charge on any atom is 0.471 e. The summed E-state index contributed by atoms with van der Waals surface area (Å²) in [5.74, 6) is -1.06. The maximum absolute atomic E-state index is 13.8. The molecule has 0 unspecified atom stereocenters. The highest BCUT2D eigenvalue weighted by molar-refractivity contribution is 7.23. The molecule has 8 nitrogen and oxygen atoms in total. The van der Waals surface area contributed by atoms with Crippen molar-refractivity contribution in [2.75, 3.05) is 51.7 Å². The molecular formula is C27H30F3N5O3S. The molecule has 0 spiro atoms. The molecule has 2 fully saturated rings. The first-order chi connectivity index (χ1) is 18.7. The van der Waals surface area contributed by atoms with Gasteiger partial charge in [0.1, 0.15) is 16.3 Å². The van der Waals surface area contributed by atoms with Crippen molar-refractivity contribution in [1.29, 1.82) is 0 Å². The molecule has 0 radical (unpaired) electrons. The Morgan fingerprint density at radius 3 is 2.36 bits per heavy atom. The Bertz CT molecular complexity index is 1310. The van der Waals surface area contributed by atoms with Gasteiger partial charge in [-0.3, -0.25) is 19.5 Å². The van der Waals surface area contributed by atoms with Gasteiger partial charge in [-0.15, -0.1) is 11.3 Å². The highest BCUT2D eigenvalue weighted by atomic mass is 32.1. The van der Waals surface area contributed by atoms with E-state index in [4.69, 9.17) is 4.74 Å². The van der Waals surface area contributed by atoms with Gasteiger partial charge in [0, 0.05) is 58.1 Å². The molecule has 4 heterocycles. The van der Waals surface area contributed by atoms with Crippen molar-refractivity contribution < 1.29 is 27.5 Å². The number of piperidine rings is 1. The number of methoxy groups -OCH3 is 1. The van der Waals surface area contributed by atoms with Crippen LogP contribution in [0, 0.1) is 0 Å². The van der Waals surface area contributed by atoms with Gasteiger partial charge in [0.15, 0.2) is 0 Å². The molecule has 2 aliphatic heterocycles. The van der Waals surface area contributed by atoms with E-state index in [0.717, 1.165) is 25.9 Å². The molecule has 3 aromatic rings. The molecule has 12 heteroatoms. The number of nitrogens with zero attached hydrogens (tertiary/aromatic N) is 4. The normalized spacial score (nSPS) is 17.4. The molecule has 0 bridgehead atoms. The molecule has 5 rings (SSSR count). The van der Waals surface area contributed by atoms with Gasteiger partial charge < -0.3 is 19.9 Å². The van der Waals surface area contributed by atoms with Crippen LogP contribution in [0.1, 0.15) is 28.8 Å². The zero-order valence-corrected chi connectivity index (χ0v) is 22.4. The van der Waals surface area contributed by atoms with E-state index in [1.54, 1.807) is 13.3 Å². The number of hydrogen-bond acceptors (Lipinski definition) is 7. The third-order valence-electron chi connectivity index (χ3n) is 7.38. The minimum atomic E-state index is -4.83. The van der Waals surface area contributed by atoms with E-state index in [2.05, 4.69) is 15.2 Å². The number of thiophene rings is 1. The van der Waals surface area contributed by atoms with Gasteiger partial charge in [0.25, 0.3) is 5.91 Å². The van der Waals surface area contributed by atoms with E-state index in [1.165, 1.54) is 11.3 Å². The fourth-order valence-corrected chi connectivity index (χ4v) is 6.29. The van der Waals surface area contributed by atoms with Crippen LogP contribution >= 0.6 is 11.3 Å². The van der Waals surface area contributed by atoms with Crippen LogP contribution in [-0.2, 0) is 11.3 Å². The Kier molecular flexibility index (Phi) is 7.94. The number of carbonyl (C=O) groups is 2. The first kappa shape index (κ1) is 27.2. The summed E-state index contributed by atoms with van der Waals surface area (Å²) >= 11 is 1.50. The van der Waals surface area contributed by atoms with E-state index in [-0.39, 0.29) is 25.0 Å². The molecule has 208 valence electrons. The lowest BCUT2D eigenvalue weighted by Gasteiger charge is -2.42. The molecule has 0 saturated carbocycles. The summed E-state index contributed by atoms with van der Waals surface area (Å²) < 4.78 is 44.4. The number of ether oxygens (including phenoxy) is 1. The second kappa shape index (κ2) is 11.4. The fraction of sp³-hybridized carbons (Fsp3) is 0.444. The monoisotopic (exact) mass is 561 g/mol. The number of rotatable bonds is 6. The number of carbonyl (C=O) groups excluding carboxylic acids is 2. The summed E-state index contributed by atoms with van der Waals surface area (Å²) in [5, 5.41) is 4.20. The van der Waals surface area contributed by atoms with Crippen LogP contribution in [0.5, 0.6) is 5.75 Å². The Morgan fingerprint density at radius 1 is 1.03 bits per heavy atom. The van der Waals surface area contributed by atoms with Crippen molar-refractivity contribution in [1.82, 2.24) is 19.7 Å². The number of piperazine rings is 1. The van der Waals surface area contributed by atoms with Gasteiger partial charge in [0.05, 0.1) is 17.3 Å². The SMILES string of the molecule is COc1ccc(CNc2sc3cccnc3c2C(=O)N2CCN(C3CCN(C(=O)C(F)(F)F)CC3)CC2)cc1. The summed E-state index contributed by atoms with van der Waals surface area (Å²) in [6.45, 7) is 3.03. The van der Waals surface area contributed by atoms with Crippen LogP contribution in [0.2, 0.25) is 0 Å². The number of benzene rings is 1. The molecule has 2 saturated heterocycles. The third kappa shape index (κ3) is 5.96. The smallest absolute Gasteiger partial charge is 0.471 e. The van der Waals surface area contributed by atoms with Crippen LogP contribution in [-0.4, -0.2) is 90.1 Å². The fourth-order valence-electron chi connectivity index (χ4n) is 5.24. The lowest BCUT2D eigenvalue weighted by molar-refractivity contribution is -0.186. The van der Waals surface area contributed by atoms with Crippen molar-refractivity contribution in [2.45, 2.75) is 31.6 Å². The summed E-state index contributed by atoms with van der Waals surface area (Å²) in [7, 11) is 1.62. The molecule has 2 aliphatic rings. The van der Waals surface area contributed by atoms with Gasteiger partial charge in [0.2, 0.25) is 0 Å². The number of halogens is 3. The molecule has 0 atom stereocenters. The summed E-state index contributed by atoms with van der Waals surface area (Å²) in [5.41, 5.74) is 2.29. The predicted molar refractivity (Wildman–Crippen MR) is 143 cm³/mol. The Labute approximate surface area is 228 Å². The first-order valence-electron chi connectivity index (χ1n) is 12.9. The van der Waals surface area contributed by atoms with Crippen molar-refractivity contribution in [3.05, 3.63) is 53.7 Å². The Balaban J connectivity index is 1.22. The minimum Gasteiger partial charge on any atom is -0.497 e. The standard InChI is InChI=1S/C27H30F3N5O3S/c1-38-20-6-4-18(5-7-20)17-32-24-22(23-21(39-24)3-2-10-31-23)25(36)34-15-13-33(14-16-34)19-8-11-35(12-9-19)26(37)27(28,29)30/h2-7,10,19,32H,8-9,11-17H2,1H3. The van der Waals surface area contributed by atoms with Crippen molar-refractivity contribution in [3.8, 4) is 5.75 Å². The number of amides is 2. The second-order valence-electron chi connectivity index (χ2n) is 9.71. The first-order valence-corrected chi connectivity index (χ1v) is 13.7. The average Bonchev–Trinajstić information content (AvgIpc) is 3.33. The number of aromatic nitrogens is 1. The molecule has 2 amide bonds. The molecular weight excluding hydrogens is 531 g/mol. The molecule has 0 aliphatic carbocycles. The van der Waals surface area contributed by atoms with Crippen molar-refractivity contribution >= 4 is 38.4 Å². The largest absolute Gasteiger partial charge is 0.497 e. The number of alkyl halides is 3. The van der Waals surface area contributed by atoms with E-state index in [1.807, 2.05) is 41.3 Å². The van der Waals surface area contributed by atoms with E-state index in [9.17, 15) is 22.8 Å². The van der Waals surface area contributed by atoms with E-state index < -0.39 is 12.1 Å². The van der Waals surface area contributed by atoms with Crippen LogP contribution in [0.25, 0.3) is 10.2 Å². The lowest BCUT2D eigenvalue weighted by atomic mass is 10.0. The van der Waals surface area contributed by atoms with Crippen molar-refractivity contribution in [3.63, 3.8) is 0 Å². The number of nitrogens with one attached hydrogen (secondary N) is 1. The zero-order chi connectivity index (χ0) is 27.6. The number of pyridine rings is 1. The van der Waals surface area contributed by atoms with Gasteiger partial charge in [-0.25, -0.2) is 0 Å². The van der Waals surface area contributed by atoms with Gasteiger partial charge in [-0.05, 0) is 42.7 Å². The minimum absolute atomic E-state index is 0.0811. The van der Waals surface area contributed by atoms with Crippen LogP contribution in [0.15, 0.2) is 42.6 Å². The van der Waals surface area contributed by atoms with Gasteiger partial charge >= 0.3 is 12.1 Å². The molecule has 39 heavy (non-hydrogen) atoms. The summed E-state index contributed by atoms with van der Waals surface area (Å²) in [4.78, 5) is 34.7. The topological polar surface area (TPSA) is 78.0 Å². The number of likely N-dealkylation sites (tertiary alicyclic amines) is 1. The molecule has 2 aromatic heterocycles. The van der Waals surface area contributed by atoms with E-state index in [0.29, 0.717) is 56.6 Å². The number of anilines is 1. The predicted octanol–water partition coefficient (Wildman–Crippen LogP) is 4.23. The Morgan fingerprint density at radius 2 is 1.72 bits per heavy atom. The van der Waals surface area contributed by atoms with Crippen LogP contribution < -0.4 is 10.1 Å². The van der Waals surface area contributed by atoms with Gasteiger partial charge in [-0.2, -0.15) is 13.2 Å². The van der Waals surface area contributed by atoms with Gasteiger partial charge in [-0.1, -0.05) is 12.1 Å². The highest BCUT2D eigenvalue weighted by Gasteiger charge is 2.43. The lowest BCUT2D eigenvalue weighted by Crippen LogP contribution is -2.55. The number of hydrogen-bond donors (Lipinski definition) is 1. The highest BCUT2D eigenvalue weighted by Crippen LogP contribution is 2.36. The number of fused-ring (bicyclic) bond motifs is 1. The zero-order valence-electron chi connectivity index (χ0n) is 21.5. The quantitative estimate of drug-likeness (QED) is 0.486. The Hall–Kier alpha value is -3.38. The summed E-state index contributed by atoms with van der Waals surface area (Å²) in [6, 6.07) is 11.6. The third-order valence-corrected chi connectivity index (χ3v) is 8.49.